The fraction of sp³-hybridized carbons (Fsp3) is 0.176. The summed E-state index contributed by atoms with van der Waals surface area (Å²) in [4.78, 5) is 19.0. The van der Waals surface area contributed by atoms with Crippen molar-refractivity contribution in [1.82, 2.24) is 9.88 Å². The molecule has 0 spiro atoms. The van der Waals surface area contributed by atoms with E-state index >= 15 is 0 Å². The van der Waals surface area contributed by atoms with E-state index in [9.17, 15) is 18.0 Å². The Morgan fingerprint density at radius 3 is 2.60 bits per heavy atom. The third-order valence-electron chi connectivity index (χ3n) is 3.53. The number of hydrogen-bond acceptors (Lipinski definition) is 4. The Morgan fingerprint density at radius 1 is 1.16 bits per heavy atom. The van der Waals surface area contributed by atoms with Crippen molar-refractivity contribution in [2.24, 2.45) is 0 Å². The number of hydrogen-bond donors (Lipinski definition) is 0. The topological polar surface area (TPSA) is 33.2 Å². The molecular formula is C17H13F3N2OS2. The highest BCUT2D eigenvalue weighted by molar-refractivity contribution is 7.20. The molecule has 0 unspecified atom stereocenters. The number of halogens is 3. The predicted octanol–water partition coefficient (Wildman–Crippen LogP) is 5.16. The molecule has 130 valence electrons. The maximum Gasteiger partial charge on any atom is 0.416 e. The molecule has 0 aliphatic heterocycles. The molecule has 0 saturated heterocycles. The van der Waals surface area contributed by atoms with Crippen LogP contribution in [0.1, 0.15) is 21.6 Å². The van der Waals surface area contributed by atoms with Gasteiger partial charge in [-0.05, 0) is 23.1 Å². The van der Waals surface area contributed by atoms with Crippen LogP contribution in [0.3, 0.4) is 0 Å². The van der Waals surface area contributed by atoms with Gasteiger partial charge in [0.2, 0.25) is 0 Å². The monoisotopic (exact) mass is 382 g/mol. The van der Waals surface area contributed by atoms with Gasteiger partial charge in [0, 0.05) is 19.0 Å². The van der Waals surface area contributed by atoms with E-state index in [0.717, 1.165) is 16.0 Å². The van der Waals surface area contributed by atoms with Crippen molar-refractivity contribution in [2.75, 3.05) is 7.05 Å². The number of carbonyl (C=O) groups is 1. The number of thiophene rings is 1. The standard InChI is InChI=1S/C17H13F3N2OS2/c1-22(9-11-5-2-3-6-12(11)17(18,19)20)16(23)13-10-25-15(21-13)14-7-4-8-24-14/h2-8,10H,9H2,1H3. The maximum absolute atomic E-state index is 13.1. The first-order valence-corrected chi connectivity index (χ1v) is 9.02. The van der Waals surface area contributed by atoms with E-state index < -0.39 is 17.6 Å². The zero-order valence-corrected chi connectivity index (χ0v) is 14.7. The molecule has 0 N–H and O–H groups in total. The summed E-state index contributed by atoms with van der Waals surface area (Å²) in [5.41, 5.74) is -0.438. The summed E-state index contributed by atoms with van der Waals surface area (Å²) in [6.45, 7) is -0.139. The number of carbonyl (C=O) groups excluding carboxylic acids is 1. The summed E-state index contributed by atoms with van der Waals surface area (Å²) in [5, 5.41) is 4.27. The zero-order valence-electron chi connectivity index (χ0n) is 13.1. The number of aromatic nitrogens is 1. The van der Waals surface area contributed by atoms with Gasteiger partial charge in [0.1, 0.15) is 10.7 Å². The Balaban J connectivity index is 1.78. The molecule has 3 nitrogen and oxygen atoms in total. The fourth-order valence-electron chi connectivity index (χ4n) is 2.34. The second-order valence-electron chi connectivity index (χ2n) is 5.33. The molecule has 1 amide bonds. The molecule has 0 aliphatic carbocycles. The first-order valence-electron chi connectivity index (χ1n) is 7.26. The van der Waals surface area contributed by atoms with Crippen LogP contribution in [0.2, 0.25) is 0 Å². The molecule has 2 aromatic heterocycles. The third-order valence-corrected chi connectivity index (χ3v) is 5.41. The van der Waals surface area contributed by atoms with Crippen molar-refractivity contribution >= 4 is 28.6 Å². The highest BCUT2D eigenvalue weighted by atomic mass is 32.1. The van der Waals surface area contributed by atoms with E-state index in [-0.39, 0.29) is 17.8 Å². The molecule has 0 aliphatic rings. The molecule has 1 aromatic carbocycles. The van der Waals surface area contributed by atoms with Crippen molar-refractivity contribution in [3.05, 3.63) is 64.0 Å². The highest BCUT2D eigenvalue weighted by Crippen LogP contribution is 2.32. The van der Waals surface area contributed by atoms with Gasteiger partial charge in [-0.1, -0.05) is 24.3 Å². The first kappa shape index (κ1) is 17.6. The van der Waals surface area contributed by atoms with Crippen molar-refractivity contribution in [3.63, 3.8) is 0 Å². The number of rotatable bonds is 4. The van der Waals surface area contributed by atoms with Gasteiger partial charge in [-0.3, -0.25) is 4.79 Å². The van der Waals surface area contributed by atoms with Gasteiger partial charge in [0.25, 0.3) is 5.91 Å². The van der Waals surface area contributed by atoms with Crippen molar-refractivity contribution in [1.29, 1.82) is 0 Å². The van der Waals surface area contributed by atoms with Gasteiger partial charge >= 0.3 is 6.18 Å². The normalized spacial score (nSPS) is 11.5. The van der Waals surface area contributed by atoms with E-state index in [2.05, 4.69) is 4.98 Å². The van der Waals surface area contributed by atoms with Crippen LogP contribution in [0.25, 0.3) is 9.88 Å². The van der Waals surface area contributed by atoms with Crippen LogP contribution in [0.4, 0.5) is 13.2 Å². The van der Waals surface area contributed by atoms with Crippen LogP contribution in [0.5, 0.6) is 0 Å². The van der Waals surface area contributed by atoms with Crippen molar-refractivity contribution in [2.45, 2.75) is 12.7 Å². The summed E-state index contributed by atoms with van der Waals surface area (Å²) >= 11 is 2.85. The summed E-state index contributed by atoms with van der Waals surface area (Å²) in [6.07, 6.45) is -4.45. The number of alkyl halides is 3. The summed E-state index contributed by atoms with van der Waals surface area (Å²) in [5.74, 6) is -0.406. The van der Waals surface area contributed by atoms with Crippen LogP contribution in [0, 0.1) is 0 Å². The molecule has 0 fully saturated rings. The second-order valence-corrected chi connectivity index (χ2v) is 7.14. The second kappa shape index (κ2) is 6.97. The number of thiazole rings is 1. The Hall–Kier alpha value is -2.19. The smallest absolute Gasteiger partial charge is 0.336 e. The first-order chi connectivity index (χ1) is 11.9. The minimum Gasteiger partial charge on any atom is -0.336 e. The summed E-state index contributed by atoms with van der Waals surface area (Å²) in [6, 6.07) is 9.06. The zero-order chi connectivity index (χ0) is 18.0. The Kier molecular flexibility index (Phi) is 4.91. The van der Waals surface area contributed by atoms with E-state index in [4.69, 9.17) is 0 Å². The number of amides is 1. The quantitative estimate of drug-likeness (QED) is 0.624. The lowest BCUT2D eigenvalue weighted by molar-refractivity contribution is -0.138. The minimum absolute atomic E-state index is 0.0551. The SMILES string of the molecule is CN(Cc1ccccc1C(F)(F)F)C(=O)c1csc(-c2cccs2)n1. The molecule has 0 bridgehead atoms. The largest absolute Gasteiger partial charge is 0.416 e. The van der Waals surface area contributed by atoms with Crippen LogP contribution >= 0.6 is 22.7 Å². The lowest BCUT2D eigenvalue weighted by atomic mass is 10.1. The molecule has 0 radical (unpaired) electrons. The summed E-state index contributed by atoms with van der Waals surface area (Å²) in [7, 11) is 1.47. The van der Waals surface area contributed by atoms with Crippen molar-refractivity contribution in [3.8, 4) is 9.88 Å². The molecule has 2 heterocycles. The lowest BCUT2D eigenvalue weighted by Gasteiger charge is -2.19. The van der Waals surface area contributed by atoms with Crippen LogP contribution in [-0.2, 0) is 12.7 Å². The van der Waals surface area contributed by atoms with Gasteiger partial charge in [0.05, 0.1) is 10.4 Å². The van der Waals surface area contributed by atoms with E-state index in [0.29, 0.717) is 0 Å². The van der Waals surface area contributed by atoms with E-state index in [1.807, 2.05) is 17.5 Å². The average Bonchev–Trinajstić information content (AvgIpc) is 3.24. The van der Waals surface area contributed by atoms with Crippen LogP contribution in [-0.4, -0.2) is 22.8 Å². The molecule has 0 saturated carbocycles. The van der Waals surface area contributed by atoms with E-state index in [1.165, 1.54) is 52.8 Å². The van der Waals surface area contributed by atoms with E-state index in [1.54, 1.807) is 5.38 Å². The summed E-state index contributed by atoms with van der Waals surface area (Å²) < 4.78 is 39.2. The molecule has 8 heteroatoms. The molecule has 3 aromatic rings. The van der Waals surface area contributed by atoms with Gasteiger partial charge < -0.3 is 4.90 Å². The van der Waals surface area contributed by atoms with Crippen molar-refractivity contribution < 1.29 is 18.0 Å². The highest BCUT2D eigenvalue weighted by Gasteiger charge is 2.33. The lowest BCUT2D eigenvalue weighted by Crippen LogP contribution is -2.27. The average molecular weight is 382 g/mol. The predicted molar refractivity (Wildman–Crippen MR) is 92.7 cm³/mol. The molecular weight excluding hydrogens is 369 g/mol. The number of benzene rings is 1. The number of nitrogens with zero attached hydrogens (tertiary/aromatic N) is 2. The van der Waals surface area contributed by atoms with Gasteiger partial charge in [-0.15, -0.1) is 22.7 Å². The maximum atomic E-state index is 13.1. The van der Waals surface area contributed by atoms with Crippen LogP contribution in [0.15, 0.2) is 47.2 Å². The molecule has 3 rings (SSSR count). The Labute approximate surface area is 150 Å². The van der Waals surface area contributed by atoms with Gasteiger partial charge in [-0.25, -0.2) is 4.98 Å². The minimum atomic E-state index is -4.45. The van der Waals surface area contributed by atoms with Gasteiger partial charge in [0.15, 0.2) is 0 Å². The third kappa shape index (κ3) is 3.91. The Bertz CT molecular complexity index is 872. The molecule has 0 atom stereocenters. The fourth-order valence-corrected chi connectivity index (χ4v) is 3.95. The van der Waals surface area contributed by atoms with Gasteiger partial charge in [-0.2, -0.15) is 13.2 Å². The Morgan fingerprint density at radius 2 is 1.92 bits per heavy atom. The molecule has 25 heavy (non-hydrogen) atoms. The van der Waals surface area contributed by atoms with Crippen LogP contribution < -0.4 is 0 Å².